The fourth-order valence-electron chi connectivity index (χ4n) is 1.62. The van der Waals surface area contributed by atoms with Crippen molar-refractivity contribution in [3.8, 4) is 0 Å². The summed E-state index contributed by atoms with van der Waals surface area (Å²) in [5.41, 5.74) is -0.506. The molecule has 1 aliphatic heterocycles. The Morgan fingerprint density at radius 1 is 1.53 bits per heavy atom. The SMILES string of the molecule is [2H]c1c([2H])c([2H])c(C[C@@H](NC(=O)OC(C)(C)C)[C@@H]2CO2)c([2H])c1[2H]. The van der Waals surface area contributed by atoms with Gasteiger partial charge in [-0.25, -0.2) is 4.79 Å². The lowest BCUT2D eigenvalue weighted by Gasteiger charge is -2.23. The van der Waals surface area contributed by atoms with Crippen LogP contribution in [0.4, 0.5) is 4.79 Å². The molecule has 0 radical (unpaired) electrons. The standard InChI is InChI=1S/C15H21NO3/c1-15(2,3)19-14(17)16-12(13-10-18-13)9-11-7-5-4-6-8-11/h4-8,12-13H,9-10H2,1-3H3,(H,16,17)/t12-,13+/m1/s1/i4D,5D,6D,7D,8D. The second kappa shape index (κ2) is 5.61. The van der Waals surface area contributed by atoms with E-state index in [1.165, 1.54) is 0 Å². The first-order chi connectivity index (χ1) is 11.0. The summed E-state index contributed by atoms with van der Waals surface area (Å²) in [6.07, 6.45) is -0.815. The zero-order valence-corrected chi connectivity index (χ0v) is 11.3. The minimum Gasteiger partial charge on any atom is -0.444 e. The molecule has 2 rings (SSSR count). The Morgan fingerprint density at radius 2 is 2.16 bits per heavy atom. The van der Waals surface area contributed by atoms with Crippen LogP contribution < -0.4 is 5.32 Å². The summed E-state index contributed by atoms with van der Waals surface area (Å²) < 4.78 is 49.4. The van der Waals surface area contributed by atoms with Gasteiger partial charge in [-0.3, -0.25) is 0 Å². The first-order valence-electron chi connectivity index (χ1n) is 8.68. The molecule has 4 nitrogen and oxygen atoms in total. The van der Waals surface area contributed by atoms with E-state index in [1.807, 2.05) is 0 Å². The van der Waals surface area contributed by atoms with Gasteiger partial charge < -0.3 is 14.8 Å². The molecule has 0 aromatic heterocycles. The lowest BCUT2D eigenvalue weighted by Crippen LogP contribution is -2.43. The van der Waals surface area contributed by atoms with Crippen LogP contribution in [0.2, 0.25) is 0 Å². The molecule has 1 aromatic carbocycles. The lowest BCUT2D eigenvalue weighted by atomic mass is 10.0. The Balaban J connectivity index is 2.22. The number of rotatable bonds is 4. The number of hydrogen-bond acceptors (Lipinski definition) is 3. The number of epoxide rings is 1. The molecule has 0 aliphatic carbocycles. The van der Waals surface area contributed by atoms with Crippen LogP contribution in [0.3, 0.4) is 0 Å². The number of carbonyl (C=O) groups is 1. The normalized spacial score (nSPS) is 23.3. The molecule has 1 saturated heterocycles. The fraction of sp³-hybridized carbons (Fsp3) is 0.533. The van der Waals surface area contributed by atoms with Gasteiger partial charge in [0.05, 0.1) is 19.5 Å². The topological polar surface area (TPSA) is 50.9 Å². The molecule has 0 spiro atoms. The van der Waals surface area contributed by atoms with Gasteiger partial charge in [-0.05, 0) is 32.8 Å². The van der Waals surface area contributed by atoms with Crippen LogP contribution in [-0.2, 0) is 15.9 Å². The van der Waals surface area contributed by atoms with Crippen molar-refractivity contribution in [1.82, 2.24) is 5.32 Å². The molecular formula is C15H21NO3. The second-order valence-corrected chi connectivity index (χ2v) is 5.43. The van der Waals surface area contributed by atoms with Gasteiger partial charge in [0.1, 0.15) is 11.7 Å². The third-order valence-electron chi connectivity index (χ3n) is 2.49. The third kappa shape index (κ3) is 4.91. The van der Waals surface area contributed by atoms with E-state index in [1.54, 1.807) is 20.8 Å². The van der Waals surface area contributed by atoms with Gasteiger partial charge in [-0.2, -0.15) is 0 Å². The van der Waals surface area contributed by atoms with Crippen LogP contribution in [-0.4, -0.2) is 30.4 Å². The predicted octanol–water partition coefficient (Wildman–Crippen LogP) is 2.52. The zero-order chi connectivity index (χ0) is 18.2. The van der Waals surface area contributed by atoms with Gasteiger partial charge >= 0.3 is 6.09 Å². The number of ether oxygens (including phenoxy) is 2. The number of benzene rings is 1. The highest BCUT2D eigenvalue weighted by Crippen LogP contribution is 2.18. The summed E-state index contributed by atoms with van der Waals surface area (Å²) >= 11 is 0. The van der Waals surface area contributed by atoms with Gasteiger partial charge in [0.15, 0.2) is 0 Å². The Morgan fingerprint density at radius 3 is 2.68 bits per heavy atom. The smallest absolute Gasteiger partial charge is 0.407 e. The van der Waals surface area contributed by atoms with Crippen LogP contribution in [0.1, 0.15) is 33.2 Å². The molecule has 1 aliphatic rings. The van der Waals surface area contributed by atoms with Crippen molar-refractivity contribution in [3.63, 3.8) is 0 Å². The highest BCUT2D eigenvalue weighted by molar-refractivity contribution is 5.68. The van der Waals surface area contributed by atoms with Gasteiger partial charge in [0, 0.05) is 0 Å². The highest BCUT2D eigenvalue weighted by Gasteiger charge is 2.34. The minimum atomic E-state index is -0.657. The van der Waals surface area contributed by atoms with Crippen LogP contribution >= 0.6 is 0 Å². The lowest BCUT2D eigenvalue weighted by molar-refractivity contribution is 0.0495. The van der Waals surface area contributed by atoms with Gasteiger partial charge in [0.2, 0.25) is 0 Å². The Labute approximate surface area is 121 Å². The van der Waals surface area contributed by atoms with Crippen molar-refractivity contribution in [1.29, 1.82) is 0 Å². The van der Waals surface area contributed by atoms with Crippen molar-refractivity contribution in [2.75, 3.05) is 6.61 Å². The number of nitrogens with one attached hydrogen (secondary N) is 1. The van der Waals surface area contributed by atoms with E-state index in [4.69, 9.17) is 16.3 Å². The Hall–Kier alpha value is -1.55. The van der Waals surface area contributed by atoms with E-state index in [0.29, 0.717) is 6.61 Å². The first kappa shape index (κ1) is 8.59. The van der Waals surface area contributed by atoms with Crippen LogP contribution in [0.25, 0.3) is 0 Å². The molecule has 19 heavy (non-hydrogen) atoms. The molecule has 1 amide bonds. The number of alkyl carbamates (subject to hydrolysis) is 1. The van der Waals surface area contributed by atoms with E-state index in [-0.39, 0.29) is 30.2 Å². The molecule has 0 bridgehead atoms. The van der Waals surface area contributed by atoms with Crippen molar-refractivity contribution < 1.29 is 21.1 Å². The van der Waals surface area contributed by atoms with Crippen molar-refractivity contribution in [2.45, 2.75) is 44.9 Å². The van der Waals surface area contributed by atoms with E-state index in [0.717, 1.165) is 0 Å². The monoisotopic (exact) mass is 268 g/mol. The average Bonchev–Trinajstić information content (AvgIpc) is 3.29. The maximum Gasteiger partial charge on any atom is 0.407 e. The second-order valence-electron chi connectivity index (χ2n) is 5.43. The van der Waals surface area contributed by atoms with Crippen LogP contribution in [0.5, 0.6) is 0 Å². The molecule has 0 unspecified atom stereocenters. The number of hydrogen-bond donors (Lipinski definition) is 1. The van der Waals surface area contributed by atoms with Gasteiger partial charge in [0.25, 0.3) is 0 Å². The molecule has 104 valence electrons. The van der Waals surface area contributed by atoms with E-state index in [2.05, 4.69) is 5.32 Å². The average molecular weight is 268 g/mol. The number of carbonyl (C=O) groups excluding carboxylic acids is 1. The van der Waals surface area contributed by atoms with Crippen molar-refractivity contribution in [3.05, 3.63) is 35.8 Å². The fourth-order valence-corrected chi connectivity index (χ4v) is 1.62. The zero-order valence-electron chi connectivity index (χ0n) is 16.3. The first-order valence-corrected chi connectivity index (χ1v) is 6.18. The summed E-state index contributed by atoms with van der Waals surface area (Å²) in [5.74, 6) is 0. The predicted molar refractivity (Wildman–Crippen MR) is 73.0 cm³/mol. The summed E-state index contributed by atoms with van der Waals surface area (Å²) in [5, 5.41) is 2.67. The quantitative estimate of drug-likeness (QED) is 0.854. The van der Waals surface area contributed by atoms with Gasteiger partial charge in [-0.1, -0.05) is 30.2 Å². The maximum atomic E-state index is 12.0. The van der Waals surface area contributed by atoms with E-state index < -0.39 is 35.9 Å². The summed E-state index contributed by atoms with van der Waals surface area (Å²) in [7, 11) is 0. The Kier molecular flexibility index (Phi) is 2.54. The van der Waals surface area contributed by atoms with Crippen LogP contribution in [0.15, 0.2) is 30.2 Å². The molecule has 2 atom stereocenters. The molecule has 0 saturated carbocycles. The van der Waals surface area contributed by atoms with Gasteiger partial charge in [-0.15, -0.1) is 0 Å². The minimum absolute atomic E-state index is 0.0691. The summed E-state index contributed by atoms with van der Waals surface area (Å²) in [6, 6.07) is -2.27. The van der Waals surface area contributed by atoms with E-state index in [9.17, 15) is 4.79 Å². The molecule has 4 heteroatoms. The largest absolute Gasteiger partial charge is 0.444 e. The summed E-state index contributed by atoms with van der Waals surface area (Å²) in [4.78, 5) is 12.0. The van der Waals surface area contributed by atoms with Crippen molar-refractivity contribution >= 4 is 6.09 Å². The Bertz CT molecular complexity index is 626. The molecule has 1 N–H and O–H groups in total. The number of amides is 1. The summed E-state index contributed by atoms with van der Waals surface area (Å²) in [6.45, 7) is 5.67. The molecule has 1 aromatic rings. The molecule has 1 heterocycles. The van der Waals surface area contributed by atoms with Crippen molar-refractivity contribution in [2.24, 2.45) is 0 Å². The van der Waals surface area contributed by atoms with E-state index >= 15 is 0 Å². The van der Waals surface area contributed by atoms with Crippen LogP contribution in [0, 0.1) is 0 Å². The maximum absolute atomic E-state index is 12.0. The molecular weight excluding hydrogens is 242 g/mol. The highest BCUT2D eigenvalue weighted by atomic mass is 16.6. The molecule has 1 fully saturated rings. The third-order valence-corrected chi connectivity index (χ3v) is 2.49.